The van der Waals surface area contributed by atoms with Gasteiger partial charge in [-0.2, -0.15) is 10.1 Å². The zero-order chi connectivity index (χ0) is 19.9. The summed E-state index contributed by atoms with van der Waals surface area (Å²) in [6.45, 7) is 5.02. The summed E-state index contributed by atoms with van der Waals surface area (Å²) in [7, 11) is 0. The first-order chi connectivity index (χ1) is 13.5. The number of rotatable bonds is 9. The van der Waals surface area contributed by atoms with Crippen LogP contribution < -0.4 is 10.1 Å². The molecule has 0 saturated carbocycles. The van der Waals surface area contributed by atoms with Crippen molar-refractivity contribution >= 4 is 11.7 Å². The molecule has 1 N–H and O–H groups in total. The molecular formula is C20H24FN5O2. The number of amides is 1. The number of carbonyl (C=O) groups is 1. The van der Waals surface area contributed by atoms with Gasteiger partial charge in [-0.25, -0.2) is 13.9 Å². The number of nitrogens with one attached hydrogen (secondary N) is 1. The Bertz CT molecular complexity index is 940. The Morgan fingerprint density at radius 2 is 2.00 bits per heavy atom. The van der Waals surface area contributed by atoms with Gasteiger partial charge < -0.3 is 10.1 Å². The van der Waals surface area contributed by atoms with Crippen LogP contribution in [-0.2, 0) is 11.2 Å². The average molecular weight is 385 g/mol. The van der Waals surface area contributed by atoms with Crippen molar-refractivity contribution in [3.63, 3.8) is 0 Å². The fourth-order valence-corrected chi connectivity index (χ4v) is 3.02. The fraction of sp³-hybridized carbons (Fsp3) is 0.400. The summed E-state index contributed by atoms with van der Waals surface area (Å²) < 4.78 is 20.0. The first kappa shape index (κ1) is 19.7. The average Bonchev–Trinajstić information content (AvgIpc) is 3.14. The van der Waals surface area contributed by atoms with Crippen molar-refractivity contribution in [2.45, 2.75) is 39.5 Å². The molecule has 0 aliphatic rings. The molecule has 2 aromatic heterocycles. The highest BCUT2D eigenvalue weighted by molar-refractivity contribution is 5.76. The van der Waals surface area contributed by atoms with Crippen LogP contribution in [0.3, 0.4) is 0 Å². The number of hydrogen-bond acceptors (Lipinski definition) is 5. The normalized spacial score (nSPS) is 11.0. The maximum Gasteiger partial charge on any atom is 0.252 e. The largest absolute Gasteiger partial charge is 0.494 e. The molecule has 0 fully saturated rings. The molecule has 3 aromatic rings. The fourth-order valence-electron chi connectivity index (χ4n) is 3.02. The van der Waals surface area contributed by atoms with E-state index in [0.29, 0.717) is 37.5 Å². The monoisotopic (exact) mass is 385 g/mol. The molecule has 3 rings (SSSR count). The summed E-state index contributed by atoms with van der Waals surface area (Å²) in [5.74, 6) is 0.953. The van der Waals surface area contributed by atoms with Crippen LogP contribution >= 0.6 is 0 Å². The predicted molar refractivity (Wildman–Crippen MR) is 103 cm³/mol. The van der Waals surface area contributed by atoms with Crippen molar-refractivity contribution in [1.29, 1.82) is 0 Å². The van der Waals surface area contributed by atoms with Gasteiger partial charge in [-0.3, -0.25) is 4.79 Å². The van der Waals surface area contributed by atoms with Crippen LogP contribution in [0.4, 0.5) is 4.39 Å². The summed E-state index contributed by atoms with van der Waals surface area (Å²) in [5, 5.41) is 7.09. The highest BCUT2D eigenvalue weighted by Gasteiger charge is 2.12. The zero-order valence-corrected chi connectivity index (χ0v) is 16.1. The number of hydrogen-bond donors (Lipinski definition) is 1. The molecule has 28 heavy (non-hydrogen) atoms. The Morgan fingerprint density at radius 1 is 1.21 bits per heavy atom. The molecule has 0 saturated heterocycles. The minimum absolute atomic E-state index is 0.0111. The van der Waals surface area contributed by atoms with E-state index in [2.05, 4.69) is 20.4 Å². The van der Waals surface area contributed by atoms with E-state index in [9.17, 15) is 9.18 Å². The van der Waals surface area contributed by atoms with Crippen molar-refractivity contribution in [3.8, 4) is 5.75 Å². The smallest absolute Gasteiger partial charge is 0.252 e. The van der Waals surface area contributed by atoms with Crippen LogP contribution in [-0.4, -0.2) is 38.6 Å². The second-order valence-electron chi connectivity index (χ2n) is 6.59. The van der Waals surface area contributed by atoms with E-state index in [0.717, 1.165) is 29.8 Å². The standard InChI is InChI=1S/C20H24FN5O2/c1-14-18(15(2)26-20(25-14)23-13-24-26)9-10-19(27)22-11-3-4-12-28-17-7-5-16(21)6-8-17/h5-8,13H,3-4,9-12H2,1-2H3,(H,22,27). The lowest BCUT2D eigenvalue weighted by molar-refractivity contribution is -0.121. The molecule has 8 heteroatoms. The molecule has 1 aromatic carbocycles. The summed E-state index contributed by atoms with van der Waals surface area (Å²) in [4.78, 5) is 20.6. The van der Waals surface area contributed by atoms with Gasteiger partial charge in [0.15, 0.2) is 0 Å². The molecule has 2 heterocycles. The lowest BCUT2D eigenvalue weighted by Crippen LogP contribution is -2.25. The first-order valence-corrected chi connectivity index (χ1v) is 9.35. The van der Waals surface area contributed by atoms with Gasteiger partial charge in [0, 0.05) is 24.4 Å². The van der Waals surface area contributed by atoms with Crippen LogP contribution in [0.2, 0.25) is 0 Å². The SMILES string of the molecule is Cc1nc2ncnn2c(C)c1CCC(=O)NCCCCOc1ccc(F)cc1. The summed E-state index contributed by atoms with van der Waals surface area (Å²) >= 11 is 0. The van der Waals surface area contributed by atoms with Gasteiger partial charge in [0.05, 0.1) is 6.61 Å². The van der Waals surface area contributed by atoms with E-state index in [-0.39, 0.29) is 11.7 Å². The topological polar surface area (TPSA) is 81.4 Å². The third-order valence-electron chi connectivity index (χ3n) is 4.57. The third kappa shape index (κ3) is 5.03. The minimum Gasteiger partial charge on any atom is -0.494 e. The number of ether oxygens (including phenoxy) is 1. The van der Waals surface area contributed by atoms with Gasteiger partial charge >= 0.3 is 0 Å². The van der Waals surface area contributed by atoms with Crippen LogP contribution in [0.15, 0.2) is 30.6 Å². The minimum atomic E-state index is -0.280. The summed E-state index contributed by atoms with van der Waals surface area (Å²) in [6.07, 6.45) is 4.11. The van der Waals surface area contributed by atoms with Gasteiger partial charge in [-0.15, -0.1) is 0 Å². The zero-order valence-electron chi connectivity index (χ0n) is 16.1. The molecule has 0 aliphatic carbocycles. The summed E-state index contributed by atoms with van der Waals surface area (Å²) in [5.41, 5.74) is 2.87. The van der Waals surface area contributed by atoms with E-state index in [1.807, 2.05) is 13.8 Å². The highest BCUT2D eigenvalue weighted by atomic mass is 19.1. The van der Waals surface area contributed by atoms with Gasteiger partial charge in [-0.1, -0.05) is 0 Å². The van der Waals surface area contributed by atoms with Crippen LogP contribution in [0, 0.1) is 19.7 Å². The highest BCUT2D eigenvalue weighted by Crippen LogP contribution is 2.15. The molecule has 0 spiro atoms. The van der Waals surface area contributed by atoms with Crippen molar-refractivity contribution < 1.29 is 13.9 Å². The Hall–Kier alpha value is -3.03. The van der Waals surface area contributed by atoms with Crippen LogP contribution in [0.1, 0.15) is 36.2 Å². The van der Waals surface area contributed by atoms with Crippen molar-refractivity contribution in [1.82, 2.24) is 24.9 Å². The van der Waals surface area contributed by atoms with Gasteiger partial charge in [-0.05, 0) is 62.9 Å². The maximum absolute atomic E-state index is 12.8. The Morgan fingerprint density at radius 3 is 2.79 bits per heavy atom. The molecule has 148 valence electrons. The predicted octanol–water partition coefficient (Wildman–Crippen LogP) is 2.79. The molecular weight excluding hydrogens is 361 g/mol. The molecule has 0 atom stereocenters. The number of unbranched alkanes of at least 4 members (excludes halogenated alkanes) is 1. The third-order valence-corrected chi connectivity index (χ3v) is 4.57. The van der Waals surface area contributed by atoms with Gasteiger partial charge in [0.1, 0.15) is 17.9 Å². The van der Waals surface area contributed by atoms with E-state index in [1.165, 1.54) is 18.5 Å². The quantitative estimate of drug-likeness (QED) is 0.573. The Kier molecular flexibility index (Phi) is 6.52. The number of fused-ring (bicyclic) bond motifs is 1. The Balaban J connectivity index is 1.35. The van der Waals surface area contributed by atoms with Crippen LogP contribution in [0.25, 0.3) is 5.78 Å². The molecule has 7 nitrogen and oxygen atoms in total. The van der Waals surface area contributed by atoms with E-state index in [4.69, 9.17) is 4.74 Å². The molecule has 1 amide bonds. The van der Waals surface area contributed by atoms with Crippen LogP contribution in [0.5, 0.6) is 5.75 Å². The Labute approximate surface area is 163 Å². The van der Waals surface area contributed by atoms with Crippen molar-refractivity contribution in [2.75, 3.05) is 13.2 Å². The maximum atomic E-state index is 12.8. The lowest BCUT2D eigenvalue weighted by Gasteiger charge is -2.10. The second kappa shape index (κ2) is 9.25. The first-order valence-electron chi connectivity index (χ1n) is 9.35. The number of aryl methyl sites for hydroxylation is 2. The second-order valence-corrected chi connectivity index (χ2v) is 6.59. The van der Waals surface area contributed by atoms with E-state index in [1.54, 1.807) is 16.6 Å². The van der Waals surface area contributed by atoms with Gasteiger partial charge in [0.2, 0.25) is 5.91 Å². The molecule has 0 aliphatic heterocycles. The van der Waals surface area contributed by atoms with E-state index >= 15 is 0 Å². The number of aromatic nitrogens is 4. The number of halogens is 1. The molecule has 0 bridgehead atoms. The number of nitrogens with zero attached hydrogens (tertiary/aromatic N) is 4. The molecule has 0 radical (unpaired) electrons. The molecule has 0 unspecified atom stereocenters. The van der Waals surface area contributed by atoms with Crippen molar-refractivity contribution in [3.05, 3.63) is 53.4 Å². The summed E-state index contributed by atoms with van der Waals surface area (Å²) in [6, 6.07) is 5.95. The lowest BCUT2D eigenvalue weighted by atomic mass is 10.1. The van der Waals surface area contributed by atoms with E-state index < -0.39 is 0 Å². The number of carbonyl (C=O) groups excluding carboxylic acids is 1. The van der Waals surface area contributed by atoms with Gasteiger partial charge in [0.25, 0.3) is 5.78 Å². The van der Waals surface area contributed by atoms with Crippen molar-refractivity contribution in [2.24, 2.45) is 0 Å². The number of benzene rings is 1.